The molecule has 2 fully saturated rings. The molecule has 40 heavy (non-hydrogen) atoms. The molecule has 0 aliphatic carbocycles. The maximum absolute atomic E-state index is 12.7. The highest BCUT2D eigenvalue weighted by atomic mass is 16.5. The van der Waals surface area contributed by atoms with Gasteiger partial charge in [0.2, 0.25) is 5.91 Å². The van der Waals surface area contributed by atoms with Gasteiger partial charge in [-0.3, -0.25) is 14.3 Å². The van der Waals surface area contributed by atoms with Crippen LogP contribution in [0, 0.1) is 0 Å². The minimum atomic E-state index is -0.931. The molecule has 2 aliphatic heterocycles. The van der Waals surface area contributed by atoms with Gasteiger partial charge in [-0.05, 0) is 58.7 Å². The molecule has 0 aromatic carbocycles. The summed E-state index contributed by atoms with van der Waals surface area (Å²) in [5.74, 6) is 0.200. The van der Waals surface area contributed by atoms with E-state index in [1.807, 2.05) is 19.1 Å². The summed E-state index contributed by atoms with van der Waals surface area (Å²) in [6.07, 6.45) is 10.8. The molecule has 13 heteroatoms. The van der Waals surface area contributed by atoms with Crippen LogP contribution in [0.2, 0.25) is 0 Å². The normalized spacial score (nSPS) is 24.1. The van der Waals surface area contributed by atoms with Crippen molar-refractivity contribution in [3.63, 3.8) is 0 Å². The number of nitrogen functional groups attached to an aromatic ring is 1. The van der Waals surface area contributed by atoms with Gasteiger partial charge in [0.05, 0.1) is 6.33 Å². The summed E-state index contributed by atoms with van der Waals surface area (Å²) in [6, 6.07) is 0. The molecule has 0 bridgehead atoms. The Balaban J connectivity index is 1.17. The number of carbonyl (C=O) groups is 1. The van der Waals surface area contributed by atoms with Crippen LogP contribution >= 0.6 is 0 Å². The average Bonchev–Trinajstić information content (AvgIpc) is 3.60. The first-order chi connectivity index (χ1) is 19.5. The number of aromatic nitrogens is 4. The lowest BCUT2D eigenvalue weighted by atomic mass is 10.1. The first-order valence-corrected chi connectivity index (χ1v) is 14.6. The number of anilines is 1. The van der Waals surface area contributed by atoms with Crippen molar-refractivity contribution in [2.24, 2.45) is 0 Å². The van der Waals surface area contributed by atoms with Crippen molar-refractivity contribution in [3.05, 3.63) is 24.8 Å². The van der Waals surface area contributed by atoms with Gasteiger partial charge in [-0.25, -0.2) is 15.0 Å². The monoisotopic (exact) mass is 558 g/mol. The van der Waals surface area contributed by atoms with Gasteiger partial charge in [0.15, 0.2) is 11.5 Å². The molecule has 4 heterocycles. The number of imidazole rings is 1. The van der Waals surface area contributed by atoms with Crippen molar-refractivity contribution in [3.8, 4) is 0 Å². The summed E-state index contributed by atoms with van der Waals surface area (Å²) in [5, 5.41) is 24.6. The lowest BCUT2D eigenvalue weighted by Gasteiger charge is -2.37. The first kappa shape index (κ1) is 30.3. The standard InChI is InChI=1S/C27H46N10O3/c1-27(39,36-17-6-12-30-15-14-29-10-5-11-31-16-18-36)9-3-2-4-13-32-26(38)21-7-8-22(40-21)37-20-35-23-24(28)33-19-34-25(23)37/h2-3,19-22,29-31,39H,4-18H2,1H3,(H,32,38)(H2,28,33,34)/b3-2+/t21-,22+,27?/m0/s1. The second-order valence-corrected chi connectivity index (χ2v) is 10.7. The Labute approximate surface area is 236 Å². The van der Waals surface area contributed by atoms with Gasteiger partial charge in [-0.2, -0.15) is 0 Å². The van der Waals surface area contributed by atoms with E-state index in [0.29, 0.717) is 49.2 Å². The number of rotatable bonds is 8. The third-order valence-corrected chi connectivity index (χ3v) is 7.48. The fraction of sp³-hybridized carbons (Fsp3) is 0.704. The molecule has 0 radical (unpaired) electrons. The Hall–Kier alpha value is -2.68. The van der Waals surface area contributed by atoms with Gasteiger partial charge in [0, 0.05) is 45.7 Å². The Morgan fingerprint density at radius 2 is 1.88 bits per heavy atom. The number of hydrogen-bond acceptors (Lipinski definition) is 11. The van der Waals surface area contributed by atoms with Crippen molar-refractivity contribution in [1.29, 1.82) is 0 Å². The van der Waals surface area contributed by atoms with E-state index < -0.39 is 11.8 Å². The number of amides is 1. The van der Waals surface area contributed by atoms with Crippen LogP contribution in [-0.4, -0.2) is 106 Å². The first-order valence-electron chi connectivity index (χ1n) is 14.6. The molecule has 7 N–H and O–H groups in total. The van der Waals surface area contributed by atoms with Gasteiger partial charge in [0.25, 0.3) is 0 Å². The molecule has 2 saturated heterocycles. The maximum atomic E-state index is 12.7. The molecular formula is C27H46N10O3. The van der Waals surface area contributed by atoms with Crippen LogP contribution in [0.4, 0.5) is 5.82 Å². The lowest BCUT2D eigenvalue weighted by molar-refractivity contribution is -0.133. The van der Waals surface area contributed by atoms with Gasteiger partial charge >= 0.3 is 0 Å². The Morgan fingerprint density at radius 3 is 2.70 bits per heavy atom. The highest BCUT2D eigenvalue weighted by Crippen LogP contribution is 2.31. The number of carbonyl (C=O) groups excluding carboxylic acids is 1. The van der Waals surface area contributed by atoms with E-state index in [4.69, 9.17) is 10.5 Å². The predicted molar refractivity (Wildman–Crippen MR) is 154 cm³/mol. The number of nitrogens with two attached hydrogens (primary N) is 1. The minimum absolute atomic E-state index is 0.121. The van der Waals surface area contributed by atoms with Gasteiger partial charge < -0.3 is 36.8 Å². The molecular weight excluding hydrogens is 512 g/mol. The van der Waals surface area contributed by atoms with E-state index in [2.05, 4.69) is 41.1 Å². The SMILES string of the molecule is CC(O)(C/C=C/CCNC(=O)[C@@H]1CC[C@H](n2cnc3c(N)ncnc32)O1)N1CCCNCCNCCCNCC1. The summed E-state index contributed by atoms with van der Waals surface area (Å²) in [4.78, 5) is 27.4. The summed E-state index contributed by atoms with van der Waals surface area (Å²) in [5.41, 5.74) is 6.08. The van der Waals surface area contributed by atoms with Crippen molar-refractivity contribution in [1.82, 2.24) is 45.7 Å². The second kappa shape index (κ2) is 15.4. The number of nitrogens with zero attached hydrogens (tertiary/aromatic N) is 5. The summed E-state index contributed by atoms with van der Waals surface area (Å²) < 4.78 is 7.82. The van der Waals surface area contributed by atoms with Crippen LogP contribution < -0.4 is 27.0 Å². The van der Waals surface area contributed by atoms with Crippen LogP contribution in [0.5, 0.6) is 0 Å². The maximum Gasteiger partial charge on any atom is 0.249 e. The Kier molecular flexibility index (Phi) is 11.6. The molecule has 4 rings (SSSR count). The highest BCUT2D eigenvalue weighted by molar-refractivity contribution is 5.82. The third-order valence-electron chi connectivity index (χ3n) is 7.48. The molecule has 222 valence electrons. The summed E-state index contributed by atoms with van der Waals surface area (Å²) in [7, 11) is 0. The van der Waals surface area contributed by atoms with E-state index in [9.17, 15) is 9.90 Å². The average molecular weight is 559 g/mol. The van der Waals surface area contributed by atoms with E-state index >= 15 is 0 Å². The predicted octanol–water partition coefficient (Wildman–Crippen LogP) is 0.112. The molecule has 2 aliphatic rings. The van der Waals surface area contributed by atoms with Crippen LogP contribution in [0.1, 0.15) is 51.7 Å². The van der Waals surface area contributed by atoms with Gasteiger partial charge in [-0.1, -0.05) is 12.2 Å². The third kappa shape index (κ3) is 8.66. The zero-order valence-electron chi connectivity index (χ0n) is 23.6. The van der Waals surface area contributed by atoms with Crippen LogP contribution in [0.15, 0.2) is 24.8 Å². The van der Waals surface area contributed by atoms with Crippen LogP contribution in [0.25, 0.3) is 11.2 Å². The van der Waals surface area contributed by atoms with Crippen LogP contribution in [-0.2, 0) is 9.53 Å². The molecule has 0 spiro atoms. The summed E-state index contributed by atoms with van der Waals surface area (Å²) in [6.45, 7) is 9.73. The highest BCUT2D eigenvalue weighted by Gasteiger charge is 2.32. The van der Waals surface area contributed by atoms with Crippen molar-refractivity contribution < 1.29 is 14.6 Å². The number of ether oxygens (including phenoxy) is 1. The minimum Gasteiger partial charge on any atom is -0.382 e. The van der Waals surface area contributed by atoms with Crippen molar-refractivity contribution >= 4 is 22.9 Å². The summed E-state index contributed by atoms with van der Waals surface area (Å²) >= 11 is 0. The van der Waals surface area contributed by atoms with Crippen molar-refractivity contribution in [2.45, 2.75) is 63.5 Å². The lowest BCUT2D eigenvalue weighted by Crippen LogP contribution is -2.49. The quantitative estimate of drug-likeness (QED) is 0.192. The smallest absolute Gasteiger partial charge is 0.249 e. The fourth-order valence-corrected chi connectivity index (χ4v) is 5.14. The van der Waals surface area contributed by atoms with Gasteiger partial charge in [0.1, 0.15) is 29.9 Å². The van der Waals surface area contributed by atoms with Crippen molar-refractivity contribution in [2.75, 3.05) is 64.6 Å². The number of nitrogens with one attached hydrogen (secondary N) is 4. The molecule has 1 amide bonds. The number of hydrogen-bond donors (Lipinski definition) is 6. The Morgan fingerprint density at radius 1 is 1.10 bits per heavy atom. The molecule has 1 unspecified atom stereocenters. The van der Waals surface area contributed by atoms with E-state index in [1.54, 1.807) is 10.9 Å². The number of fused-ring (bicyclic) bond motifs is 1. The molecule has 3 atom stereocenters. The molecule has 2 aromatic heterocycles. The largest absolute Gasteiger partial charge is 0.382 e. The van der Waals surface area contributed by atoms with Crippen LogP contribution in [0.3, 0.4) is 0 Å². The van der Waals surface area contributed by atoms with E-state index in [0.717, 1.165) is 65.2 Å². The fourth-order valence-electron chi connectivity index (χ4n) is 5.14. The molecule has 0 saturated carbocycles. The Bertz CT molecular complexity index is 1080. The second-order valence-electron chi connectivity index (χ2n) is 10.7. The van der Waals surface area contributed by atoms with E-state index in [-0.39, 0.29) is 12.1 Å². The topological polar surface area (TPSA) is 168 Å². The molecule has 13 nitrogen and oxygen atoms in total. The van der Waals surface area contributed by atoms with E-state index in [1.165, 1.54) is 6.33 Å². The van der Waals surface area contributed by atoms with Gasteiger partial charge in [-0.15, -0.1) is 0 Å². The zero-order valence-corrected chi connectivity index (χ0v) is 23.6. The zero-order chi connectivity index (χ0) is 28.2. The molecule has 2 aromatic rings. The number of aliphatic hydroxyl groups is 1.